The number of aromatic carboxylic acids is 1. The summed E-state index contributed by atoms with van der Waals surface area (Å²) >= 11 is 1.54. The quantitative estimate of drug-likeness (QED) is 0.583. The minimum absolute atomic E-state index is 0.288. The molecular weight excluding hydrogens is 362 g/mol. The lowest BCUT2D eigenvalue weighted by Crippen LogP contribution is -2.02. The average molecular weight is 383 g/mol. The van der Waals surface area contributed by atoms with Crippen molar-refractivity contribution in [3.63, 3.8) is 0 Å². The van der Waals surface area contributed by atoms with Crippen LogP contribution in [-0.4, -0.2) is 32.4 Å². The summed E-state index contributed by atoms with van der Waals surface area (Å²) in [4.78, 5) is 11.1. The van der Waals surface area contributed by atoms with Crippen LogP contribution in [0.5, 0.6) is 5.75 Å². The molecule has 27 heavy (non-hydrogen) atoms. The monoisotopic (exact) mass is 383 g/mol. The van der Waals surface area contributed by atoms with E-state index >= 15 is 0 Å². The Kier molecular flexibility index (Phi) is 6.13. The van der Waals surface area contributed by atoms with Gasteiger partial charge in [-0.25, -0.2) is 4.79 Å². The van der Waals surface area contributed by atoms with Crippen LogP contribution >= 0.6 is 11.8 Å². The fraction of sp³-hybridized carbons (Fsp3) is 0.250. The molecule has 0 bridgehead atoms. The number of hydrogen-bond acceptors (Lipinski definition) is 5. The fourth-order valence-corrected chi connectivity index (χ4v) is 3.70. The largest absolute Gasteiger partial charge is 0.493 e. The van der Waals surface area contributed by atoms with E-state index in [1.54, 1.807) is 18.2 Å². The molecule has 7 heteroatoms. The second kappa shape index (κ2) is 8.73. The SMILES string of the molecule is CCOc1ccccc1-c1nnc(SCc2cccc(C(=O)O)c2)n1CC. The highest BCUT2D eigenvalue weighted by atomic mass is 32.2. The number of carboxylic acid groups (broad SMARTS) is 1. The molecule has 1 N–H and O–H groups in total. The van der Waals surface area contributed by atoms with Crippen LogP contribution in [0.1, 0.15) is 29.8 Å². The second-order valence-electron chi connectivity index (χ2n) is 5.77. The van der Waals surface area contributed by atoms with Gasteiger partial charge in [0.25, 0.3) is 0 Å². The van der Waals surface area contributed by atoms with Crippen LogP contribution in [0.25, 0.3) is 11.4 Å². The van der Waals surface area contributed by atoms with Crippen molar-refractivity contribution in [3.8, 4) is 17.1 Å². The third-order valence-corrected chi connectivity index (χ3v) is 5.04. The molecule has 0 fully saturated rings. The molecule has 2 aromatic carbocycles. The normalized spacial score (nSPS) is 10.7. The van der Waals surface area contributed by atoms with Crippen molar-refractivity contribution in [1.82, 2.24) is 14.8 Å². The van der Waals surface area contributed by atoms with Crippen LogP contribution in [0.3, 0.4) is 0 Å². The van der Waals surface area contributed by atoms with Gasteiger partial charge in [0, 0.05) is 12.3 Å². The fourth-order valence-electron chi connectivity index (χ4n) is 2.75. The van der Waals surface area contributed by atoms with Crippen molar-refractivity contribution < 1.29 is 14.6 Å². The van der Waals surface area contributed by atoms with E-state index in [9.17, 15) is 4.79 Å². The number of carboxylic acids is 1. The second-order valence-corrected chi connectivity index (χ2v) is 6.72. The van der Waals surface area contributed by atoms with Gasteiger partial charge < -0.3 is 14.4 Å². The summed E-state index contributed by atoms with van der Waals surface area (Å²) in [6, 6.07) is 14.7. The summed E-state index contributed by atoms with van der Waals surface area (Å²) in [6.45, 7) is 5.30. The average Bonchev–Trinajstić information content (AvgIpc) is 3.10. The Bertz CT molecular complexity index is 940. The van der Waals surface area contributed by atoms with Crippen LogP contribution in [-0.2, 0) is 12.3 Å². The first-order valence-electron chi connectivity index (χ1n) is 8.74. The summed E-state index contributed by atoms with van der Waals surface area (Å²) in [5.41, 5.74) is 2.13. The van der Waals surface area contributed by atoms with Crippen molar-refractivity contribution in [2.45, 2.75) is 31.3 Å². The number of para-hydroxylation sites is 1. The summed E-state index contributed by atoms with van der Waals surface area (Å²) in [5.74, 6) is 1.25. The topological polar surface area (TPSA) is 77.2 Å². The summed E-state index contributed by atoms with van der Waals surface area (Å²) in [6.07, 6.45) is 0. The number of ether oxygens (including phenoxy) is 1. The van der Waals surface area contributed by atoms with Crippen molar-refractivity contribution in [1.29, 1.82) is 0 Å². The molecule has 0 unspecified atom stereocenters. The Balaban J connectivity index is 1.85. The van der Waals surface area contributed by atoms with E-state index in [1.165, 1.54) is 11.8 Å². The number of aromatic nitrogens is 3. The van der Waals surface area contributed by atoms with Gasteiger partial charge in [-0.15, -0.1) is 10.2 Å². The molecule has 0 atom stereocenters. The molecule has 0 spiro atoms. The Morgan fingerprint density at radius 3 is 2.70 bits per heavy atom. The van der Waals surface area contributed by atoms with Crippen LogP contribution in [0, 0.1) is 0 Å². The zero-order chi connectivity index (χ0) is 19.2. The minimum Gasteiger partial charge on any atom is -0.493 e. The molecule has 6 nitrogen and oxygen atoms in total. The predicted octanol–water partition coefficient (Wildman–Crippen LogP) is 4.35. The lowest BCUT2D eigenvalue weighted by atomic mass is 10.1. The van der Waals surface area contributed by atoms with Crippen molar-refractivity contribution in [2.75, 3.05) is 6.61 Å². The number of hydrogen-bond donors (Lipinski definition) is 1. The van der Waals surface area contributed by atoms with Gasteiger partial charge in [0.15, 0.2) is 11.0 Å². The molecule has 3 rings (SSSR count). The van der Waals surface area contributed by atoms with Crippen LogP contribution in [0.15, 0.2) is 53.7 Å². The van der Waals surface area contributed by atoms with E-state index in [1.807, 2.05) is 48.7 Å². The number of rotatable bonds is 8. The first kappa shape index (κ1) is 19.0. The lowest BCUT2D eigenvalue weighted by molar-refractivity contribution is 0.0696. The van der Waals surface area contributed by atoms with E-state index in [-0.39, 0.29) is 5.56 Å². The smallest absolute Gasteiger partial charge is 0.335 e. The molecule has 0 aliphatic rings. The van der Waals surface area contributed by atoms with Crippen LogP contribution < -0.4 is 4.74 Å². The maximum atomic E-state index is 11.1. The van der Waals surface area contributed by atoms with Gasteiger partial charge in [0.1, 0.15) is 5.75 Å². The summed E-state index contributed by atoms with van der Waals surface area (Å²) in [5, 5.41) is 18.6. The van der Waals surface area contributed by atoms with E-state index in [4.69, 9.17) is 9.84 Å². The molecule has 0 amide bonds. The highest BCUT2D eigenvalue weighted by Gasteiger charge is 2.16. The van der Waals surface area contributed by atoms with E-state index in [0.29, 0.717) is 12.4 Å². The van der Waals surface area contributed by atoms with E-state index in [2.05, 4.69) is 10.2 Å². The number of thioether (sulfide) groups is 1. The van der Waals surface area contributed by atoms with Gasteiger partial charge in [0.2, 0.25) is 0 Å². The molecule has 0 aliphatic carbocycles. The summed E-state index contributed by atoms with van der Waals surface area (Å²) < 4.78 is 7.77. The highest BCUT2D eigenvalue weighted by molar-refractivity contribution is 7.98. The minimum atomic E-state index is -0.923. The zero-order valence-electron chi connectivity index (χ0n) is 15.3. The third kappa shape index (κ3) is 4.31. The number of carbonyl (C=O) groups is 1. The van der Waals surface area contributed by atoms with E-state index < -0.39 is 5.97 Å². The predicted molar refractivity (Wildman–Crippen MR) is 105 cm³/mol. The van der Waals surface area contributed by atoms with Crippen LogP contribution in [0.4, 0.5) is 0 Å². The Hall–Kier alpha value is -2.80. The molecule has 3 aromatic rings. The van der Waals surface area contributed by atoms with Gasteiger partial charge in [-0.1, -0.05) is 36.0 Å². The highest BCUT2D eigenvalue weighted by Crippen LogP contribution is 2.32. The molecule has 1 heterocycles. The van der Waals surface area contributed by atoms with E-state index in [0.717, 1.165) is 34.4 Å². The molecular formula is C20H21N3O3S. The molecule has 0 saturated heterocycles. The first-order valence-corrected chi connectivity index (χ1v) is 9.73. The van der Waals surface area contributed by atoms with Crippen LogP contribution in [0.2, 0.25) is 0 Å². The maximum absolute atomic E-state index is 11.1. The van der Waals surface area contributed by atoms with Gasteiger partial charge in [-0.3, -0.25) is 0 Å². The Labute approximate surface area is 162 Å². The van der Waals surface area contributed by atoms with Gasteiger partial charge in [-0.2, -0.15) is 0 Å². The number of benzene rings is 2. The standard InChI is InChI=1S/C20H21N3O3S/c1-3-23-18(16-10-5-6-11-17(16)26-4-2)21-22-20(23)27-13-14-8-7-9-15(12-14)19(24)25/h5-12H,3-4,13H2,1-2H3,(H,24,25). The zero-order valence-corrected chi connectivity index (χ0v) is 16.1. The van der Waals surface area contributed by atoms with Crippen molar-refractivity contribution >= 4 is 17.7 Å². The summed E-state index contributed by atoms with van der Waals surface area (Å²) in [7, 11) is 0. The van der Waals surface area contributed by atoms with Gasteiger partial charge in [0.05, 0.1) is 17.7 Å². The Morgan fingerprint density at radius 2 is 1.96 bits per heavy atom. The number of nitrogens with zero attached hydrogens (tertiary/aromatic N) is 3. The maximum Gasteiger partial charge on any atom is 0.335 e. The molecule has 1 aromatic heterocycles. The molecule has 140 valence electrons. The molecule has 0 saturated carbocycles. The van der Waals surface area contributed by atoms with Crippen molar-refractivity contribution in [2.24, 2.45) is 0 Å². The molecule has 0 aliphatic heterocycles. The Morgan fingerprint density at radius 1 is 1.15 bits per heavy atom. The molecule has 0 radical (unpaired) electrons. The first-order chi connectivity index (χ1) is 13.1. The van der Waals surface area contributed by atoms with Gasteiger partial charge in [-0.05, 0) is 43.7 Å². The van der Waals surface area contributed by atoms with Crippen molar-refractivity contribution in [3.05, 3.63) is 59.7 Å². The lowest BCUT2D eigenvalue weighted by Gasteiger charge is -2.11. The third-order valence-electron chi connectivity index (χ3n) is 4.00. The van der Waals surface area contributed by atoms with Gasteiger partial charge >= 0.3 is 5.97 Å².